The minimum atomic E-state index is -3.88. The highest BCUT2D eigenvalue weighted by Gasteiger charge is 2.23. The van der Waals surface area contributed by atoms with Crippen LogP contribution >= 0.6 is 11.3 Å². The second kappa shape index (κ2) is 9.24. The lowest BCUT2D eigenvalue weighted by molar-refractivity contribution is -0.116. The molecule has 0 radical (unpaired) electrons. The van der Waals surface area contributed by atoms with Crippen molar-refractivity contribution in [3.8, 4) is 17.0 Å². The molecule has 0 spiro atoms. The fraction of sp³-hybridized carbons (Fsp3) is 0.167. The van der Waals surface area contributed by atoms with Gasteiger partial charge >= 0.3 is 6.61 Å². The summed E-state index contributed by atoms with van der Waals surface area (Å²) in [4.78, 5) is 20.2. The van der Waals surface area contributed by atoms with E-state index in [-0.39, 0.29) is 15.8 Å². The largest absolute Gasteiger partial charge is 0.434 e. The van der Waals surface area contributed by atoms with Crippen LogP contribution < -0.4 is 10.1 Å². The van der Waals surface area contributed by atoms with Gasteiger partial charge in [-0.3, -0.25) is 9.78 Å². The number of rotatable bonds is 8. The van der Waals surface area contributed by atoms with Crippen molar-refractivity contribution < 1.29 is 26.7 Å². The number of amides is 1. The van der Waals surface area contributed by atoms with Crippen LogP contribution in [0.3, 0.4) is 0 Å². The lowest BCUT2D eigenvalue weighted by Crippen LogP contribution is -2.35. The van der Waals surface area contributed by atoms with Crippen molar-refractivity contribution in [3.63, 3.8) is 0 Å². The summed E-state index contributed by atoms with van der Waals surface area (Å²) in [7, 11) is -2.60. The van der Waals surface area contributed by atoms with Crippen LogP contribution in [0.15, 0.2) is 59.1 Å². The maximum absolute atomic E-state index is 12.6. The number of halogens is 2. The monoisotopic (exact) mass is 454 g/mol. The van der Waals surface area contributed by atoms with E-state index in [4.69, 9.17) is 0 Å². The zero-order valence-electron chi connectivity index (χ0n) is 15.5. The van der Waals surface area contributed by atoms with Gasteiger partial charge in [-0.05, 0) is 24.3 Å². The summed E-state index contributed by atoms with van der Waals surface area (Å²) < 4.78 is 55.4. The Morgan fingerprint density at radius 3 is 2.73 bits per heavy atom. The number of thiazole rings is 1. The minimum absolute atomic E-state index is 0.0347. The van der Waals surface area contributed by atoms with Gasteiger partial charge in [0.25, 0.3) is 0 Å². The average molecular weight is 454 g/mol. The molecule has 0 aliphatic rings. The number of carbonyl (C=O) groups is 1. The van der Waals surface area contributed by atoms with Crippen LogP contribution in [0.5, 0.6) is 5.75 Å². The maximum Gasteiger partial charge on any atom is 0.387 e. The number of likely N-dealkylation sites (N-methyl/N-ethyl adjacent to an activating group) is 1. The first-order valence-corrected chi connectivity index (χ1v) is 10.8. The Kier molecular flexibility index (Phi) is 6.70. The number of para-hydroxylation sites is 1. The van der Waals surface area contributed by atoms with E-state index in [0.717, 1.165) is 15.6 Å². The summed E-state index contributed by atoms with van der Waals surface area (Å²) in [6.45, 7) is -3.43. The molecule has 1 aromatic carbocycles. The van der Waals surface area contributed by atoms with Crippen LogP contribution in [-0.2, 0) is 14.8 Å². The van der Waals surface area contributed by atoms with Gasteiger partial charge < -0.3 is 10.1 Å². The molecule has 3 rings (SSSR count). The molecule has 0 aliphatic carbocycles. The van der Waals surface area contributed by atoms with Gasteiger partial charge in [0, 0.05) is 30.4 Å². The highest BCUT2D eigenvalue weighted by atomic mass is 32.2. The molecule has 8 nitrogen and oxygen atoms in total. The maximum atomic E-state index is 12.6. The summed E-state index contributed by atoms with van der Waals surface area (Å²) in [5, 5.41) is 4.26. The Morgan fingerprint density at radius 2 is 2.03 bits per heavy atom. The van der Waals surface area contributed by atoms with Crippen LogP contribution in [0.4, 0.5) is 13.9 Å². The molecular weight excluding hydrogens is 438 g/mol. The summed E-state index contributed by atoms with van der Waals surface area (Å²) >= 11 is 1.07. The predicted molar refractivity (Wildman–Crippen MR) is 107 cm³/mol. The van der Waals surface area contributed by atoms with Crippen LogP contribution in [0, 0.1) is 0 Å². The molecule has 0 fully saturated rings. The van der Waals surface area contributed by atoms with Crippen molar-refractivity contribution in [3.05, 3.63) is 54.2 Å². The van der Waals surface area contributed by atoms with Gasteiger partial charge in [-0.25, -0.2) is 13.4 Å². The van der Waals surface area contributed by atoms with E-state index < -0.39 is 29.1 Å². The number of benzene rings is 1. The standard InChI is InChI=1S/C18H16F2N4O4S2/c1-24(30(26,27)12-5-4-8-21-9-12)10-16(25)23-18-22-14(11-29-18)13-6-2-3-7-15(13)28-17(19)20/h2-9,11,17H,10H2,1H3,(H,22,23,25). The van der Waals surface area contributed by atoms with Gasteiger partial charge in [0.2, 0.25) is 15.9 Å². The number of nitrogens with one attached hydrogen (secondary N) is 1. The zero-order chi connectivity index (χ0) is 21.7. The SMILES string of the molecule is CN(CC(=O)Nc1nc(-c2ccccc2OC(F)F)cs1)S(=O)(=O)c1cccnc1. The molecular formula is C18H16F2N4O4S2. The van der Waals surface area contributed by atoms with Crippen molar-refractivity contribution in [2.75, 3.05) is 18.9 Å². The fourth-order valence-corrected chi connectivity index (χ4v) is 4.28. The van der Waals surface area contributed by atoms with Gasteiger partial charge in [-0.2, -0.15) is 13.1 Å². The molecule has 0 saturated carbocycles. The molecule has 0 atom stereocenters. The quantitative estimate of drug-likeness (QED) is 0.561. The summed E-state index contributed by atoms with van der Waals surface area (Å²) in [6.07, 6.45) is 2.63. The second-order valence-corrected chi connectivity index (χ2v) is 8.81. The number of carbonyl (C=O) groups excluding carboxylic acids is 1. The Labute approximate surface area is 175 Å². The number of sulfonamides is 1. The highest BCUT2D eigenvalue weighted by Crippen LogP contribution is 2.33. The molecule has 0 unspecified atom stereocenters. The van der Waals surface area contributed by atoms with E-state index >= 15 is 0 Å². The topological polar surface area (TPSA) is 101 Å². The number of ether oxygens (including phenoxy) is 1. The number of aromatic nitrogens is 2. The third-order valence-corrected chi connectivity index (χ3v) is 6.38. The van der Waals surface area contributed by atoms with E-state index in [9.17, 15) is 22.0 Å². The second-order valence-electron chi connectivity index (χ2n) is 5.91. The van der Waals surface area contributed by atoms with Gasteiger partial charge in [0.15, 0.2) is 5.13 Å². The molecule has 3 aromatic rings. The van der Waals surface area contributed by atoms with Crippen molar-refractivity contribution >= 4 is 32.4 Å². The Hall–Kier alpha value is -2.96. The van der Waals surface area contributed by atoms with Crippen LogP contribution in [-0.4, -0.2) is 48.8 Å². The Bertz CT molecular complexity index is 1120. The molecule has 30 heavy (non-hydrogen) atoms. The molecule has 0 bridgehead atoms. The highest BCUT2D eigenvalue weighted by molar-refractivity contribution is 7.89. The number of anilines is 1. The first kappa shape index (κ1) is 21.7. The lowest BCUT2D eigenvalue weighted by Gasteiger charge is -2.16. The number of hydrogen-bond acceptors (Lipinski definition) is 7. The van der Waals surface area contributed by atoms with Crippen molar-refractivity contribution in [1.82, 2.24) is 14.3 Å². The van der Waals surface area contributed by atoms with Crippen molar-refractivity contribution in [2.24, 2.45) is 0 Å². The Balaban J connectivity index is 1.69. The first-order chi connectivity index (χ1) is 14.3. The molecule has 12 heteroatoms. The zero-order valence-corrected chi connectivity index (χ0v) is 17.2. The van der Waals surface area contributed by atoms with Crippen LogP contribution in [0.2, 0.25) is 0 Å². The molecule has 2 heterocycles. The molecule has 0 saturated heterocycles. The number of alkyl halides is 2. The van der Waals surface area contributed by atoms with Crippen LogP contribution in [0.1, 0.15) is 0 Å². The fourth-order valence-electron chi connectivity index (χ4n) is 2.46. The van der Waals surface area contributed by atoms with Crippen molar-refractivity contribution in [1.29, 1.82) is 0 Å². The summed E-state index contributed by atoms with van der Waals surface area (Å²) in [6, 6.07) is 9.00. The summed E-state index contributed by atoms with van der Waals surface area (Å²) in [5.41, 5.74) is 0.675. The average Bonchev–Trinajstić information content (AvgIpc) is 3.16. The van der Waals surface area contributed by atoms with E-state index in [1.807, 2.05) is 0 Å². The summed E-state index contributed by atoms with van der Waals surface area (Å²) in [5.74, 6) is -0.652. The normalized spacial score (nSPS) is 11.6. The third-order valence-electron chi connectivity index (χ3n) is 3.84. The smallest absolute Gasteiger partial charge is 0.387 e. The molecule has 2 aromatic heterocycles. The first-order valence-electron chi connectivity index (χ1n) is 8.43. The molecule has 0 aliphatic heterocycles. The minimum Gasteiger partial charge on any atom is -0.434 e. The van der Waals surface area contributed by atoms with Crippen molar-refractivity contribution in [2.45, 2.75) is 11.5 Å². The number of nitrogens with zero attached hydrogens (tertiary/aromatic N) is 3. The Morgan fingerprint density at radius 1 is 1.27 bits per heavy atom. The van der Waals surface area contributed by atoms with Gasteiger partial charge in [0.1, 0.15) is 10.6 Å². The molecule has 1 amide bonds. The molecule has 158 valence electrons. The predicted octanol–water partition coefficient (Wildman–Crippen LogP) is 3.07. The third kappa shape index (κ3) is 5.14. The number of pyridine rings is 1. The van der Waals surface area contributed by atoms with E-state index in [2.05, 4.69) is 20.0 Å². The lowest BCUT2D eigenvalue weighted by atomic mass is 10.1. The van der Waals surface area contributed by atoms with E-state index in [1.165, 1.54) is 37.6 Å². The van der Waals surface area contributed by atoms with Gasteiger partial charge in [0.05, 0.1) is 12.2 Å². The van der Waals surface area contributed by atoms with Gasteiger partial charge in [-0.15, -0.1) is 11.3 Å². The van der Waals surface area contributed by atoms with Crippen LogP contribution in [0.25, 0.3) is 11.3 Å². The molecule has 1 N–H and O–H groups in total. The van der Waals surface area contributed by atoms with E-state index in [1.54, 1.807) is 23.6 Å². The van der Waals surface area contributed by atoms with E-state index in [0.29, 0.717) is 11.3 Å². The van der Waals surface area contributed by atoms with Gasteiger partial charge in [-0.1, -0.05) is 12.1 Å². The number of hydrogen-bond donors (Lipinski definition) is 1.